The van der Waals surface area contributed by atoms with Crippen molar-refractivity contribution in [1.29, 1.82) is 0 Å². The lowest BCUT2D eigenvalue weighted by molar-refractivity contribution is 0.0939. The van der Waals surface area contributed by atoms with Crippen molar-refractivity contribution in [1.82, 2.24) is 5.32 Å². The van der Waals surface area contributed by atoms with E-state index in [2.05, 4.69) is 10.3 Å². The largest absolute Gasteiger partial charge is 0.493 e. The van der Waals surface area contributed by atoms with E-state index in [9.17, 15) is 4.79 Å². The van der Waals surface area contributed by atoms with Crippen LogP contribution in [0.15, 0.2) is 41.5 Å². The van der Waals surface area contributed by atoms with Crippen LogP contribution in [-0.4, -0.2) is 46.5 Å². The molecule has 0 aliphatic heterocycles. The first kappa shape index (κ1) is 25.8. The van der Waals surface area contributed by atoms with Crippen molar-refractivity contribution in [3.8, 4) is 11.5 Å². The molecule has 0 heterocycles. The number of hydrogen-bond acceptors (Lipinski definition) is 6. The summed E-state index contributed by atoms with van der Waals surface area (Å²) in [4.78, 5) is 19.2. The predicted molar refractivity (Wildman–Crippen MR) is 139 cm³/mol. The summed E-state index contributed by atoms with van der Waals surface area (Å²) in [6, 6.07) is 9.39. The van der Waals surface area contributed by atoms with Crippen LogP contribution in [-0.2, 0) is 0 Å². The van der Waals surface area contributed by atoms with E-state index in [0.29, 0.717) is 22.6 Å². The second-order valence-corrected chi connectivity index (χ2v) is 8.36. The summed E-state index contributed by atoms with van der Waals surface area (Å²) in [7, 11) is 7.17. The molecule has 0 unspecified atom stereocenters. The first-order valence-corrected chi connectivity index (χ1v) is 10.9. The number of nitrogens with two attached hydrogens (primary N) is 1. The Labute approximate surface area is 198 Å². The second-order valence-electron chi connectivity index (χ2n) is 8.36. The fourth-order valence-corrected chi connectivity index (χ4v) is 3.43. The van der Waals surface area contributed by atoms with Crippen molar-refractivity contribution < 1.29 is 15.7 Å². The molecule has 0 radical (unpaired) electrons. The zero-order chi connectivity index (χ0) is 24.7. The van der Waals surface area contributed by atoms with Gasteiger partial charge in [0.25, 0.3) is 5.91 Å². The molecule has 7 heteroatoms. The third-order valence-corrected chi connectivity index (χ3v) is 5.24. The van der Waals surface area contributed by atoms with E-state index < -0.39 is 0 Å². The summed E-state index contributed by atoms with van der Waals surface area (Å²) in [5, 5.41) is 3.11. The minimum Gasteiger partial charge on any atom is -0.493 e. The number of carbonyl (C=O) groups excluding carboxylic acids is 1. The number of aliphatic imine (C=N–C) groups is 1. The summed E-state index contributed by atoms with van der Waals surface area (Å²) in [6.45, 7) is 7.76. The third-order valence-electron chi connectivity index (χ3n) is 5.24. The number of allylic oxidation sites excluding steroid dienone is 1. The molecule has 0 saturated heterocycles. The molecule has 7 nitrogen and oxygen atoms in total. The summed E-state index contributed by atoms with van der Waals surface area (Å²) >= 11 is 0. The normalized spacial score (nSPS) is 12.7. The number of nitrogens with one attached hydrogen (secondary N) is 1. The van der Waals surface area contributed by atoms with Crippen molar-refractivity contribution in [3.63, 3.8) is 0 Å². The Balaban J connectivity index is 0.00000578. The van der Waals surface area contributed by atoms with Crippen LogP contribution < -0.4 is 25.4 Å². The van der Waals surface area contributed by atoms with Gasteiger partial charge in [0.2, 0.25) is 0 Å². The molecule has 1 amide bonds. The number of ether oxygens (including phenoxy) is 2. The number of amides is 1. The molecule has 0 bridgehead atoms. The highest BCUT2D eigenvalue weighted by molar-refractivity contribution is 6.11. The van der Waals surface area contributed by atoms with Crippen molar-refractivity contribution in [3.05, 3.63) is 58.8 Å². The fraction of sp³-hybridized carbons (Fsp3) is 0.385. The molecular formula is C26H38N4O3. The van der Waals surface area contributed by atoms with Crippen LogP contribution in [0, 0.1) is 6.92 Å². The molecule has 180 valence electrons. The fourth-order valence-electron chi connectivity index (χ4n) is 3.43. The van der Waals surface area contributed by atoms with Crippen LogP contribution in [0.2, 0.25) is 0 Å². The Kier molecular flexibility index (Phi) is 8.91. The maximum atomic E-state index is 13.1. The van der Waals surface area contributed by atoms with Crippen LogP contribution in [0.1, 0.15) is 55.3 Å². The molecule has 0 saturated carbocycles. The smallest absolute Gasteiger partial charge is 0.252 e. The predicted octanol–water partition coefficient (Wildman–Crippen LogP) is 4.59. The summed E-state index contributed by atoms with van der Waals surface area (Å²) in [5.74, 6) is 1.00. The SMILES string of the molecule is CN=C/C(=C\N)c1cc([C@@H](C)NC(=O)c2cc(N(C)C)ccc2C)cc(OC)c1OC(C)C.[HH]. The lowest BCUT2D eigenvalue weighted by Gasteiger charge is -2.22. The number of anilines is 1. The average Bonchev–Trinajstić information content (AvgIpc) is 2.77. The van der Waals surface area contributed by atoms with Crippen LogP contribution in [0.5, 0.6) is 11.5 Å². The maximum Gasteiger partial charge on any atom is 0.252 e. The number of nitrogens with zero attached hydrogens (tertiary/aromatic N) is 2. The third kappa shape index (κ3) is 6.28. The Hall–Kier alpha value is -3.48. The Morgan fingerprint density at radius 2 is 1.88 bits per heavy atom. The lowest BCUT2D eigenvalue weighted by atomic mass is 9.98. The van der Waals surface area contributed by atoms with Gasteiger partial charge in [0.05, 0.1) is 19.3 Å². The molecule has 1 atom stereocenters. The van der Waals surface area contributed by atoms with Crippen LogP contribution in [0.25, 0.3) is 5.57 Å². The van der Waals surface area contributed by atoms with Crippen LogP contribution in [0.3, 0.4) is 0 Å². The molecular weight excluding hydrogens is 416 g/mol. The zero-order valence-electron chi connectivity index (χ0n) is 20.9. The van der Waals surface area contributed by atoms with E-state index in [1.165, 1.54) is 6.20 Å². The van der Waals surface area contributed by atoms with Crippen molar-refractivity contribution in [2.45, 2.75) is 39.8 Å². The lowest BCUT2D eigenvalue weighted by Crippen LogP contribution is -2.27. The first-order chi connectivity index (χ1) is 15.6. The molecule has 2 rings (SSSR count). The monoisotopic (exact) mass is 454 g/mol. The van der Waals surface area contributed by atoms with Crippen molar-refractivity contribution >= 4 is 23.4 Å². The van der Waals surface area contributed by atoms with Gasteiger partial charge in [-0.2, -0.15) is 0 Å². The van der Waals surface area contributed by atoms with Gasteiger partial charge in [0.15, 0.2) is 11.5 Å². The Bertz CT molecular complexity index is 1050. The first-order valence-electron chi connectivity index (χ1n) is 10.9. The zero-order valence-corrected chi connectivity index (χ0v) is 20.9. The average molecular weight is 455 g/mol. The molecule has 0 aromatic heterocycles. The number of hydrogen-bond donors (Lipinski definition) is 2. The number of carbonyl (C=O) groups is 1. The van der Waals surface area contributed by atoms with Crippen LogP contribution in [0.4, 0.5) is 5.69 Å². The van der Waals surface area contributed by atoms with E-state index in [1.54, 1.807) is 20.4 Å². The molecule has 2 aromatic rings. The number of aryl methyl sites for hydroxylation is 1. The Morgan fingerprint density at radius 1 is 1.18 bits per heavy atom. The van der Waals surface area contributed by atoms with Crippen molar-refractivity contribution in [2.75, 3.05) is 33.2 Å². The summed E-state index contributed by atoms with van der Waals surface area (Å²) < 4.78 is 11.7. The highest BCUT2D eigenvalue weighted by Gasteiger charge is 2.21. The second kappa shape index (κ2) is 11.4. The number of benzene rings is 2. The molecule has 0 fully saturated rings. The summed E-state index contributed by atoms with van der Waals surface area (Å²) in [5.41, 5.74) is 10.7. The minimum absolute atomic E-state index is 0. The molecule has 0 spiro atoms. The highest BCUT2D eigenvalue weighted by Crippen LogP contribution is 2.38. The van der Waals surface area contributed by atoms with Gasteiger partial charge in [-0.3, -0.25) is 9.79 Å². The quantitative estimate of drug-likeness (QED) is 0.541. The minimum atomic E-state index is -0.293. The topological polar surface area (TPSA) is 89.2 Å². The van der Waals surface area contributed by atoms with E-state index >= 15 is 0 Å². The number of rotatable bonds is 9. The van der Waals surface area contributed by atoms with Crippen LogP contribution >= 0.6 is 0 Å². The van der Waals surface area contributed by atoms with E-state index in [0.717, 1.165) is 22.4 Å². The van der Waals surface area contributed by atoms with E-state index in [1.807, 2.05) is 77.0 Å². The van der Waals surface area contributed by atoms with Gasteiger partial charge < -0.3 is 25.4 Å². The van der Waals surface area contributed by atoms with Crippen molar-refractivity contribution in [2.24, 2.45) is 10.7 Å². The molecule has 33 heavy (non-hydrogen) atoms. The van der Waals surface area contributed by atoms with Gasteiger partial charge in [-0.15, -0.1) is 0 Å². The highest BCUT2D eigenvalue weighted by atomic mass is 16.5. The molecule has 2 aromatic carbocycles. The van der Waals surface area contributed by atoms with Gasteiger partial charge in [0, 0.05) is 57.4 Å². The van der Waals surface area contributed by atoms with Gasteiger partial charge in [-0.1, -0.05) is 6.07 Å². The van der Waals surface area contributed by atoms with E-state index in [4.69, 9.17) is 15.2 Å². The maximum absolute atomic E-state index is 13.1. The standard InChI is InChI=1S/C26H36N4O3.H2/c1-16(2)33-25-23(20(14-27)15-28-5)11-19(12-24(25)32-8)18(4)29-26(31)22-13-21(30(6)7)10-9-17(22)3;/h9-16,18H,27H2,1-8H3,(H,29,31);1H/b20-14+,28-15?;/t18-;/m1./s1. The van der Waals surface area contributed by atoms with Gasteiger partial charge in [-0.05, 0) is 63.1 Å². The van der Waals surface area contributed by atoms with Gasteiger partial charge in [-0.25, -0.2) is 0 Å². The molecule has 0 aliphatic carbocycles. The number of methoxy groups -OCH3 is 1. The Morgan fingerprint density at radius 3 is 2.42 bits per heavy atom. The molecule has 3 N–H and O–H groups in total. The van der Waals surface area contributed by atoms with Gasteiger partial charge >= 0.3 is 0 Å². The van der Waals surface area contributed by atoms with Gasteiger partial charge in [0.1, 0.15) is 0 Å². The summed E-state index contributed by atoms with van der Waals surface area (Å²) in [6.07, 6.45) is 3.09. The van der Waals surface area contributed by atoms with E-state index in [-0.39, 0.29) is 19.5 Å². The molecule has 0 aliphatic rings.